The lowest BCUT2D eigenvalue weighted by Crippen LogP contribution is -2.47. The molecule has 0 aliphatic carbocycles. The average molecular weight is 209 g/mol. The molecule has 5 nitrogen and oxygen atoms in total. The first-order chi connectivity index (χ1) is 5.49. The van der Waals surface area contributed by atoms with E-state index in [1.807, 2.05) is 0 Å². The molecule has 0 bridgehead atoms. The van der Waals surface area contributed by atoms with Gasteiger partial charge in [-0.05, 0) is 18.6 Å². The minimum atomic E-state index is -2.83. The molecule has 1 heterocycles. The van der Waals surface area contributed by atoms with E-state index in [-0.39, 0.29) is 22.7 Å². The van der Waals surface area contributed by atoms with Gasteiger partial charge in [0.25, 0.3) is 0 Å². The van der Waals surface area contributed by atoms with Crippen molar-refractivity contribution in [3.05, 3.63) is 0 Å². The van der Waals surface area contributed by atoms with E-state index in [9.17, 15) is 8.42 Å². The topological polar surface area (TPSA) is 84.2 Å². The number of rotatable bonds is 2. The Balaban J connectivity index is 2.34. The van der Waals surface area contributed by atoms with Gasteiger partial charge in [-0.25, -0.2) is 13.8 Å². The van der Waals surface area contributed by atoms with Crippen LogP contribution < -0.4 is 16.6 Å². The number of nitrogens with two attached hydrogens (primary N) is 1. The molecule has 0 aromatic rings. The SMILES string of the molecule is NC(=S)NNC1CCS(=O)(=O)C1. The van der Waals surface area contributed by atoms with Crippen LogP contribution in [-0.4, -0.2) is 31.1 Å². The van der Waals surface area contributed by atoms with Crippen molar-refractivity contribution in [2.75, 3.05) is 11.5 Å². The van der Waals surface area contributed by atoms with Crippen LogP contribution in [0.1, 0.15) is 6.42 Å². The zero-order valence-corrected chi connectivity index (χ0v) is 8.04. The van der Waals surface area contributed by atoms with Crippen molar-refractivity contribution in [1.29, 1.82) is 0 Å². The molecule has 1 fully saturated rings. The summed E-state index contributed by atoms with van der Waals surface area (Å²) in [5.41, 5.74) is 10.4. The minimum absolute atomic E-state index is 0.0727. The third-order valence-corrected chi connectivity index (χ3v) is 3.50. The van der Waals surface area contributed by atoms with Gasteiger partial charge in [-0.2, -0.15) is 0 Å². The molecule has 0 amide bonds. The summed E-state index contributed by atoms with van der Waals surface area (Å²) in [7, 11) is -2.83. The van der Waals surface area contributed by atoms with Crippen LogP contribution in [0, 0.1) is 0 Å². The number of hydrogen-bond acceptors (Lipinski definition) is 4. The maximum atomic E-state index is 11.0. The van der Waals surface area contributed by atoms with E-state index >= 15 is 0 Å². The summed E-state index contributed by atoms with van der Waals surface area (Å²) in [5.74, 6) is 0.395. The molecule has 70 valence electrons. The van der Waals surface area contributed by atoms with Crippen LogP contribution >= 0.6 is 12.2 Å². The monoisotopic (exact) mass is 209 g/mol. The fraction of sp³-hybridized carbons (Fsp3) is 0.800. The van der Waals surface area contributed by atoms with Gasteiger partial charge >= 0.3 is 0 Å². The Kier molecular flexibility index (Phi) is 2.86. The lowest BCUT2D eigenvalue weighted by Gasteiger charge is -2.10. The molecule has 1 unspecified atom stereocenters. The third-order valence-electron chi connectivity index (χ3n) is 1.63. The molecule has 0 radical (unpaired) electrons. The van der Waals surface area contributed by atoms with E-state index < -0.39 is 9.84 Å². The average Bonchev–Trinajstić information content (AvgIpc) is 2.26. The first-order valence-electron chi connectivity index (χ1n) is 3.51. The number of sulfone groups is 1. The molecule has 12 heavy (non-hydrogen) atoms. The van der Waals surface area contributed by atoms with Crippen LogP contribution in [0.15, 0.2) is 0 Å². The first kappa shape index (κ1) is 9.69. The molecular formula is C5H11N3O2S2. The van der Waals surface area contributed by atoms with Crippen molar-refractivity contribution in [2.24, 2.45) is 5.73 Å². The molecular weight excluding hydrogens is 198 g/mol. The smallest absolute Gasteiger partial charge is 0.178 e. The van der Waals surface area contributed by atoms with E-state index in [1.54, 1.807) is 0 Å². The molecule has 0 saturated carbocycles. The second-order valence-corrected chi connectivity index (χ2v) is 5.40. The molecule has 1 atom stereocenters. The maximum Gasteiger partial charge on any atom is 0.178 e. The molecule has 1 aliphatic rings. The molecule has 0 aromatic heterocycles. The van der Waals surface area contributed by atoms with Crippen molar-refractivity contribution in [1.82, 2.24) is 10.9 Å². The van der Waals surface area contributed by atoms with Crippen LogP contribution in [-0.2, 0) is 9.84 Å². The van der Waals surface area contributed by atoms with Gasteiger partial charge < -0.3 is 5.73 Å². The first-order valence-corrected chi connectivity index (χ1v) is 5.74. The van der Waals surface area contributed by atoms with Crippen LogP contribution in [0.4, 0.5) is 0 Å². The Morgan fingerprint density at radius 3 is 2.67 bits per heavy atom. The normalized spacial score (nSPS) is 26.8. The van der Waals surface area contributed by atoms with Gasteiger partial charge in [0.15, 0.2) is 14.9 Å². The molecule has 0 spiro atoms. The Labute approximate surface area is 76.6 Å². The minimum Gasteiger partial charge on any atom is -0.375 e. The number of hydrogen-bond donors (Lipinski definition) is 3. The summed E-state index contributed by atoms with van der Waals surface area (Å²) >= 11 is 4.54. The van der Waals surface area contributed by atoms with Crippen LogP contribution in [0.5, 0.6) is 0 Å². The Bertz CT molecular complexity index is 274. The van der Waals surface area contributed by atoms with Crippen LogP contribution in [0.25, 0.3) is 0 Å². The van der Waals surface area contributed by atoms with Crippen molar-refractivity contribution >= 4 is 27.2 Å². The van der Waals surface area contributed by atoms with Gasteiger partial charge in [0.05, 0.1) is 11.5 Å². The number of nitrogens with one attached hydrogen (secondary N) is 2. The third kappa shape index (κ3) is 2.92. The predicted octanol–water partition coefficient (Wildman–Crippen LogP) is -1.49. The molecule has 1 aliphatic heterocycles. The summed E-state index contributed by atoms with van der Waals surface area (Å²) in [6, 6.07) is -0.0727. The van der Waals surface area contributed by atoms with E-state index in [1.165, 1.54) is 0 Å². The lowest BCUT2D eigenvalue weighted by atomic mass is 10.3. The van der Waals surface area contributed by atoms with E-state index in [0.717, 1.165) is 0 Å². The number of thiocarbonyl (C=S) groups is 1. The highest BCUT2D eigenvalue weighted by Gasteiger charge is 2.27. The van der Waals surface area contributed by atoms with Crippen molar-refractivity contribution in [3.63, 3.8) is 0 Å². The summed E-state index contributed by atoms with van der Waals surface area (Å²) in [6.07, 6.45) is 0.609. The van der Waals surface area contributed by atoms with Crippen molar-refractivity contribution in [2.45, 2.75) is 12.5 Å². The zero-order chi connectivity index (χ0) is 9.19. The summed E-state index contributed by atoms with van der Waals surface area (Å²) in [6.45, 7) is 0. The van der Waals surface area contributed by atoms with E-state index in [4.69, 9.17) is 5.73 Å². The lowest BCUT2D eigenvalue weighted by molar-refractivity contribution is 0.529. The van der Waals surface area contributed by atoms with Gasteiger partial charge in [-0.1, -0.05) is 0 Å². The highest BCUT2D eigenvalue weighted by molar-refractivity contribution is 7.91. The molecule has 0 aromatic carbocycles. The Morgan fingerprint density at radius 1 is 1.58 bits per heavy atom. The van der Waals surface area contributed by atoms with Crippen molar-refractivity contribution < 1.29 is 8.42 Å². The Morgan fingerprint density at radius 2 is 2.25 bits per heavy atom. The molecule has 4 N–H and O–H groups in total. The van der Waals surface area contributed by atoms with E-state index in [0.29, 0.717) is 6.42 Å². The van der Waals surface area contributed by atoms with Gasteiger partial charge in [0.2, 0.25) is 0 Å². The molecule has 7 heteroatoms. The van der Waals surface area contributed by atoms with Gasteiger partial charge in [0, 0.05) is 6.04 Å². The van der Waals surface area contributed by atoms with Gasteiger partial charge in [0.1, 0.15) is 0 Å². The van der Waals surface area contributed by atoms with E-state index in [2.05, 4.69) is 23.1 Å². The van der Waals surface area contributed by atoms with Crippen LogP contribution in [0.3, 0.4) is 0 Å². The Hall–Kier alpha value is -0.400. The van der Waals surface area contributed by atoms with Gasteiger partial charge in [-0.15, -0.1) is 0 Å². The summed E-state index contributed by atoms with van der Waals surface area (Å²) < 4.78 is 21.9. The maximum absolute atomic E-state index is 11.0. The zero-order valence-electron chi connectivity index (χ0n) is 6.41. The predicted molar refractivity (Wildman–Crippen MR) is 50.1 cm³/mol. The second kappa shape index (κ2) is 3.55. The summed E-state index contributed by atoms with van der Waals surface area (Å²) in [4.78, 5) is 0. The summed E-state index contributed by atoms with van der Waals surface area (Å²) in [5, 5.41) is 0.124. The fourth-order valence-electron chi connectivity index (χ4n) is 1.08. The fourth-order valence-corrected chi connectivity index (χ4v) is 2.81. The quantitative estimate of drug-likeness (QED) is 0.380. The standard InChI is InChI=1S/C5H11N3O2S2/c6-5(11)8-7-4-1-2-12(9,10)3-4/h4,7H,1-3H2,(H3,6,8,11). The molecule has 1 rings (SSSR count). The second-order valence-electron chi connectivity index (χ2n) is 2.73. The van der Waals surface area contributed by atoms with Crippen LogP contribution in [0.2, 0.25) is 0 Å². The highest BCUT2D eigenvalue weighted by Crippen LogP contribution is 2.09. The highest BCUT2D eigenvalue weighted by atomic mass is 32.2. The van der Waals surface area contributed by atoms with Gasteiger partial charge in [-0.3, -0.25) is 5.43 Å². The molecule has 1 saturated heterocycles. The largest absolute Gasteiger partial charge is 0.375 e. The number of hydrazine groups is 1. The van der Waals surface area contributed by atoms with Crippen molar-refractivity contribution in [3.8, 4) is 0 Å².